The van der Waals surface area contributed by atoms with Crippen LogP contribution in [0.25, 0.3) is 0 Å². The van der Waals surface area contributed by atoms with Crippen molar-refractivity contribution in [2.24, 2.45) is 4.99 Å². The molecule has 0 saturated heterocycles. The fourth-order valence-corrected chi connectivity index (χ4v) is 2.60. The maximum Gasteiger partial charge on any atom is 0.191 e. The number of guanidine groups is 1. The summed E-state index contributed by atoms with van der Waals surface area (Å²) in [5.74, 6) is 0.765. The van der Waals surface area contributed by atoms with Crippen LogP contribution in [0.3, 0.4) is 0 Å². The summed E-state index contributed by atoms with van der Waals surface area (Å²) in [6, 6.07) is 1.81. The predicted molar refractivity (Wildman–Crippen MR) is 95.2 cm³/mol. The van der Waals surface area contributed by atoms with E-state index in [1.54, 1.807) is 17.6 Å². The van der Waals surface area contributed by atoms with Gasteiger partial charge in [-0.15, -0.1) is 35.3 Å². The smallest absolute Gasteiger partial charge is 0.191 e. The first-order valence-corrected chi connectivity index (χ1v) is 7.35. The van der Waals surface area contributed by atoms with Crippen LogP contribution in [-0.2, 0) is 13.1 Å². The van der Waals surface area contributed by atoms with Crippen LogP contribution in [0.5, 0.6) is 0 Å². The van der Waals surface area contributed by atoms with Crippen molar-refractivity contribution in [1.82, 2.24) is 20.8 Å². The van der Waals surface area contributed by atoms with Gasteiger partial charge in [0.05, 0.1) is 23.8 Å². The number of nitrogens with zero attached hydrogens (tertiary/aromatic N) is 3. The van der Waals surface area contributed by atoms with Crippen molar-refractivity contribution in [3.05, 3.63) is 33.6 Å². The molecule has 116 valence electrons. The third kappa shape index (κ3) is 5.62. The lowest BCUT2D eigenvalue weighted by Gasteiger charge is -2.10. The van der Waals surface area contributed by atoms with Crippen molar-refractivity contribution in [1.29, 1.82) is 0 Å². The lowest BCUT2D eigenvalue weighted by Crippen LogP contribution is -2.36. The van der Waals surface area contributed by atoms with Crippen LogP contribution in [0, 0.1) is 13.8 Å². The Kier molecular flexibility index (Phi) is 7.65. The third-order valence-corrected chi connectivity index (χ3v) is 3.72. The van der Waals surface area contributed by atoms with Gasteiger partial charge < -0.3 is 15.2 Å². The van der Waals surface area contributed by atoms with Crippen molar-refractivity contribution in [2.45, 2.75) is 33.9 Å². The van der Waals surface area contributed by atoms with Gasteiger partial charge in [0.15, 0.2) is 5.96 Å². The molecule has 21 heavy (non-hydrogen) atoms. The highest BCUT2D eigenvalue weighted by atomic mass is 127. The van der Waals surface area contributed by atoms with E-state index in [0.717, 1.165) is 35.4 Å². The molecule has 2 N–H and O–H groups in total. The van der Waals surface area contributed by atoms with E-state index in [2.05, 4.69) is 25.8 Å². The van der Waals surface area contributed by atoms with E-state index in [4.69, 9.17) is 4.52 Å². The normalized spacial score (nSPS) is 11.1. The van der Waals surface area contributed by atoms with E-state index in [1.165, 1.54) is 4.88 Å². The first kappa shape index (κ1) is 17.9. The molecule has 0 unspecified atom stereocenters. The van der Waals surface area contributed by atoms with E-state index in [9.17, 15) is 0 Å². The minimum atomic E-state index is 0. The molecule has 0 fully saturated rings. The number of nitrogens with one attached hydrogen (secondary N) is 2. The second-order valence-corrected chi connectivity index (χ2v) is 5.57. The minimum absolute atomic E-state index is 0. The molecule has 2 aromatic rings. The van der Waals surface area contributed by atoms with Crippen molar-refractivity contribution in [3.8, 4) is 0 Å². The Morgan fingerprint density at radius 2 is 2.19 bits per heavy atom. The predicted octanol–water partition coefficient (Wildman–Crippen LogP) is 2.62. The number of thiazole rings is 1. The Morgan fingerprint density at radius 3 is 2.76 bits per heavy atom. The van der Waals surface area contributed by atoms with Crippen LogP contribution in [0.1, 0.15) is 28.2 Å². The summed E-state index contributed by atoms with van der Waals surface area (Å²) in [6.07, 6.45) is 1.55. The average molecular weight is 421 g/mol. The lowest BCUT2D eigenvalue weighted by atomic mass is 10.4. The van der Waals surface area contributed by atoms with E-state index < -0.39 is 0 Å². The molecular formula is C13H20IN5OS. The quantitative estimate of drug-likeness (QED) is 0.441. The molecule has 8 heteroatoms. The average Bonchev–Trinajstić information content (AvgIpc) is 3.03. The van der Waals surface area contributed by atoms with Gasteiger partial charge >= 0.3 is 0 Å². The molecule has 0 radical (unpaired) electrons. The van der Waals surface area contributed by atoms with Gasteiger partial charge in [-0.3, -0.25) is 0 Å². The van der Waals surface area contributed by atoms with E-state index in [1.807, 2.05) is 26.8 Å². The summed E-state index contributed by atoms with van der Waals surface area (Å²) in [7, 11) is 0. The molecule has 0 aliphatic rings. The highest BCUT2D eigenvalue weighted by Crippen LogP contribution is 2.16. The first-order chi connectivity index (χ1) is 9.69. The molecule has 0 amide bonds. The van der Waals surface area contributed by atoms with Gasteiger partial charge in [-0.05, 0) is 20.8 Å². The number of aromatic nitrogens is 2. The summed E-state index contributed by atoms with van der Waals surface area (Å²) in [4.78, 5) is 10.1. The standard InChI is InChI=1S/C13H19N5OS.HI/c1-4-14-13(15-7-11-5-6-19-18-11)16-8-12-9(2)17-10(3)20-12;/h5-6H,4,7-8H2,1-3H3,(H2,14,15,16);1H. The van der Waals surface area contributed by atoms with Gasteiger partial charge in [0, 0.05) is 17.5 Å². The van der Waals surface area contributed by atoms with Crippen molar-refractivity contribution < 1.29 is 4.52 Å². The van der Waals surface area contributed by atoms with E-state index in [0.29, 0.717) is 6.54 Å². The molecule has 0 saturated carbocycles. The Hall–Kier alpha value is -1.16. The molecule has 2 aromatic heterocycles. The van der Waals surface area contributed by atoms with Crippen LogP contribution in [0.4, 0.5) is 0 Å². The highest BCUT2D eigenvalue weighted by Gasteiger charge is 2.06. The van der Waals surface area contributed by atoms with E-state index in [-0.39, 0.29) is 24.0 Å². The summed E-state index contributed by atoms with van der Waals surface area (Å²) in [5, 5.41) is 11.4. The number of aliphatic imine (C=N–C) groups is 1. The molecule has 0 aromatic carbocycles. The Balaban J connectivity index is 0.00000220. The number of rotatable bonds is 5. The molecule has 0 bridgehead atoms. The largest absolute Gasteiger partial charge is 0.364 e. The summed E-state index contributed by atoms with van der Waals surface area (Å²) in [5.41, 5.74) is 1.89. The monoisotopic (exact) mass is 421 g/mol. The third-order valence-electron chi connectivity index (χ3n) is 2.65. The van der Waals surface area contributed by atoms with Gasteiger partial charge in [-0.25, -0.2) is 9.98 Å². The highest BCUT2D eigenvalue weighted by molar-refractivity contribution is 14.0. The molecule has 6 nitrogen and oxygen atoms in total. The van der Waals surface area contributed by atoms with Crippen LogP contribution in [0.2, 0.25) is 0 Å². The second-order valence-electron chi connectivity index (χ2n) is 4.28. The zero-order valence-electron chi connectivity index (χ0n) is 12.3. The van der Waals surface area contributed by atoms with Crippen molar-refractivity contribution >= 4 is 41.3 Å². The molecular weight excluding hydrogens is 401 g/mol. The molecule has 2 heterocycles. The number of halogens is 1. The van der Waals surface area contributed by atoms with Gasteiger partial charge in [0.1, 0.15) is 12.0 Å². The molecule has 0 atom stereocenters. The minimum Gasteiger partial charge on any atom is -0.364 e. The van der Waals surface area contributed by atoms with Crippen LogP contribution < -0.4 is 10.6 Å². The number of hydrogen-bond acceptors (Lipinski definition) is 5. The Morgan fingerprint density at radius 1 is 1.38 bits per heavy atom. The maximum atomic E-state index is 4.79. The Labute approximate surface area is 145 Å². The number of aryl methyl sites for hydroxylation is 2. The van der Waals surface area contributed by atoms with E-state index >= 15 is 0 Å². The lowest BCUT2D eigenvalue weighted by molar-refractivity contribution is 0.412. The van der Waals surface area contributed by atoms with Crippen LogP contribution >= 0.6 is 35.3 Å². The zero-order valence-corrected chi connectivity index (χ0v) is 15.5. The first-order valence-electron chi connectivity index (χ1n) is 6.53. The van der Waals surface area contributed by atoms with Crippen molar-refractivity contribution in [3.63, 3.8) is 0 Å². The van der Waals surface area contributed by atoms with Gasteiger partial charge in [-0.2, -0.15) is 0 Å². The number of hydrogen-bond donors (Lipinski definition) is 2. The zero-order chi connectivity index (χ0) is 14.4. The summed E-state index contributed by atoms with van der Waals surface area (Å²) >= 11 is 1.71. The van der Waals surface area contributed by atoms with Crippen LogP contribution in [0.15, 0.2) is 21.8 Å². The van der Waals surface area contributed by atoms with Gasteiger partial charge in [0.25, 0.3) is 0 Å². The summed E-state index contributed by atoms with van der Waals surface area (Å²) < 4.78 is 4.79. The molecule has 0 aliphatic heterocycles. The maximum absolute atomic E-state index is 4.79. The van der Waals surface area contributed by atoms with Crippen LogP contribution in [-0.4, -0.2) is 22.6 Å². The van der Waals surface area contributed by atoms with Crippen molar-refractivity contribution in [2.75, 3.05) is 6.54 Å². The molecule has 2 rings (SSSR count). The van der Waals surface area contributed by atoms with Gasteiger partial charge in [0.2, 0.25) is 0 Å². The van der Waals surface area contributed by atoms with Gasteiger partial charge in [-0.1, -0.05) is 5.16 Å². The summed E-state index contributed by atoms with van der Waals surface area (Å²) in [6.45, 7) is 8.11. The topological polar surface area (TPSA) is 75.3 Å². The Bertz CT molecular complexity index is 567. The fraction of sp³-hybridized carbons (Fsp3) is 0.462. The fourth-order valence-electron chi connectivity index (χ4n) is 1.72. The SMILES string of the molecule is CCNC(=NCc1ccon1)NCc1sc(C)nc1C.I. The molecule has 0 spiro atoms. The second kappa shape index (κ2) is 8.98. The molecule has 0 aliphatic carbocycles.